The lowest BCUT2D eigenvalue weighted by Gasteiger charge is -2.14. The maximum absolute atomic E-state index is 5.91. The predicted octanol–water partition coefficient (Wildman–Crippen LogP) is 2.84. The van der Waals surface area contributed by atoms with Gasteiger partial charge >= 0.3 is 0 Å². The molecule has 2 N–H and O–H groups in total. The third kappa shape index (κ3) is 2.63. The first kappa shape index (κ1) is 13.0. The molecular formula is C17H19NO2. The fourth-order valence-corrected chi connectivity index (χ4v) is 2.46. The third-order valence-corrected chi connectivity index (χ3v) is 3.63. The summed E-state index contributed by atoms with van der Waals surface area (Å²) in [6, 6.07) is 14.2. The minimum Gasteiger partial charge on any atom is -0.489 e. The smallest absolute Gasteiger partial charge is 0.137 e. The van der Waals surface area contributed by atoms with Gasteiger partial charge in [-0.15, -0.1) is 0 Å². The van der Waals surface area contributed by atoms with E-state index >= 15 is 0 Å². The van der Waals surface area contributed by atoms with Crippen molar-refractivity contribution in [3.8, 4) is 11.5 Å². The Labute approximate surface area is 119 Å². The summed E-state index contributed by atoms with van der Waals surface area (Å²) in [6.45, 7) is 3.13. The molecule has 0 radical (unpaired) electrons. The standard InChI is InChI=1S/C17H19NO2/c1-12-6-7-13(10-18)8-17(12)19-11-15-9-14-4-2-3-5-16(14)20-15/h2-8,15H,9-11,18H2,1H3. The highest BCUT2D eigenvalue weighted by molar-refractivity contribution is 5.38. The number of hydrogen-bond acceptors (Lipinski definition) is 3. The van der Waals surface area contributed by atoms with Gasteiger partial charge in [-0.25, -0.2) is 0 Å². The molecule has 2 aromatic rings. The number of rotatable bonds is 4. The maximum Gasteiger partial charge on any atom is 0.137 e. The van der Waals surface area contributed by atoms with Gasteiger partial charge in [-0.2, -0.15) is 0 Å². The van der Waals surface area contributed by atoms with E-state index in [-0.39, 0.29) is 6.10 Å². The Bertz CT molecular complexity index is 585. The fourth-order valence-electron chi connectivity index (χ4n) is 2.46. The average Bonchev–Trinajstić information content (AvgIpc) is 2.89. The summed E-state index contributed by atoms with van der Waals surface area (Å²) >= 11 is 0. The number of benzene rings is 2. The first-order chi connectivity index (χ1) is 9.76. The summed E-state index contributed by atoms with van der Waals surface area (Å²) in [7, 11) is 0. The molecule has 0 amide bonds. The van der Waals surface area contributed by atoms with Crippen molar-refractivity contribution < 1.29 is 9.47 Å². The van der Waals surface area contributed by atoms with Crippen molar-refractivity contribution in [3.63, 3.8) is 0 Å². The Hall–Kier alpha value is -2.00. The maximum atomic E-state index is 5.91. The van der Waals surface area contributed by atoms with Gasteiger partial charge in [0, 0.05) is 13.0 Å². The van der Waals surface area contributed by atoms with Crippen LogP contribution in [-0.4, -0.2) is 12.7 Å². The Morgan fingerprint density at radius 3 is 2.90 bits per heavy atom. The Kier molecular flexibility index (Phi) is 3.61. The molecule has 0 spiro atoms. The van der Waals surface area contributed by atoms with Gasteiger partial charge in [-0.3, -0.25) is 0 Å². The van der Waals surface area contributed by atoms with E-state index in [2.05, 4.69) is 6.07 Å². The van der Waals surface area contributed by atoms with Gasteiger partial charge in [0.2, 0.25) is 0 Å². The number of ether oxygens (including phenoxy) is 2. The van der Waals surface area contributed by atoms with Gasteiger partial charge in [0.15, 0.2) is 0 Å². The largest absolute Gasteiger partial charge is 0.489 e. The van der Waals surface area contributed by atoms with Crippen molar-refractivity contribution in [2.45, 2.75) is 26.0 Å². The van der Waals surface area contributed by atoms with Crippen LogP contribution in [0.3, 0.4) is 0 Å². The topological polar surface area (TPSA) is 44.5 Å². The molecular weight excluding hydrogens is 250 g/mol. The van der Waals surface area contributed by atoms with Crippen LogP contribution in [0.5, 0.6) is 11.5 Å². The lowest BCUT2D eigenvalue weighted by atomic mass is 10.1. The van der Waals surface area contributed by atoms with Crippen molar-refractivity contribution in [3.05, 3.63) is 59.2 Å². The van der Waals surface area contributed by atoms with Crippen LogP contribution in [0.25, 0.3) is 0 Å². The van der Waals surface area contributed by atoms with Crippen LogP contribution in [-0.2, 0) is 13.0 Å². The zero-order chi connectivity index (χ0) is 13.9. The molecule has 0 aromatic heterocycles. The number of aryl methyl sites for hydroxylation is 1. The summed E-state index contributed by atoms with van der Waals surface area (Å²) in [4.78, 5) is 0. The van der Waals surface area contributed by atoms with Crippen LogP contribution in [0.2, 0.25) is 0 Å². The molecule has 3 heteroatoms. The summed E-state index contributed by atoms with van der Waals surface area (Å²) in [5, 5.41) is 0. The van der Waals surface area contributed by atoms with Crippen molar-refractivity contribution >= 4 is 0 Å². The fraction of sp³-hybridized carbons (Fsp3) is 0.294. The van der Waals surface area contributed by atoms with E-state index in [1.54, 1.807) is 0 Å². The second-order valence-electron chi connectivity index (χ2n) is 5.17. The molecule has 2 aromatic carbocycles. The molecule has 3 rings (SSSR count). The summed E-state index contributed by atoms with van der Waals surface area (Å²) < 4.78 is 11.8. The van der Waals surface area contributed by atoms with E-state index in [0.717, 1.165) is 29.0 Å². The van der Waals surface area contributed by atoms with Crippen LogP contribution in [0.4, 0.5) is 0 Å². The van der Waals surface area contributed by atoms with Crippen molar-refractivity contribution in [1.82, 2.24) is 0 Å². The lowest BCUT2D eigenvalue weighted by molar-refractivity contribution is 0.148. The first-order valence-corrected chi connectivity index (χ1v) is 6.93. The van der Waals surface area contributed by atoms with E-state index in [1.807, 2.05) is 43.3 Å². The third-order valence-electron chi connectivity index (χ3n) is 3.63. The minimum absolute atomic E-state index is 0.0910. The highest BCUT2D eigenvalue weighted by atomic mass is 16.5. The molecule has 1 heterocycles. The van der Waals surface area contributed by atoms with Gasteiger partial charge in [-0.1, -0.05) is 30.3 Å². The van der Waals surface area contributed by atoms with E-state index in [4.69, 9.17) is 15.2 Å². The van der Waals surface area contributed by atoms with Gasteiger partial charge < -0.3 is 15.2 Å². The molecule has 1 unspecified atom stereocenters. The van der Waals surface area contributed by atoms with Gasteiger partial charge in [0.1, 0.15) is 24.2 Å². The summed E-state index contributed by atoms with van der Waals surface area (Å²) in [5.41, 5.74) is 9.13. The van der Waals surface area contributed by atoms with Crippen molar-refractivity contribution in [2.75, 3.05) is 6.61 Å². The summed E-state index contributed by atoms with van der Waals surface area (Å²) in [6.07, 6.45) is 1.000. The molecule has 0 fully saturated rings. The van der Waals surface area contributed by atoms with Crippen molar-refractivity contribution in [2.24, 2.45) is 5.73 Å². The van der Waals surface area contributed by atoms with E-state index in [1.165, 1.54) is 5.56 Å². The van der Waals surface area contributed by atoms with Crippen molar-refractivity contribution in [1.29, 1.82) is 0 Å². The first-order valence-electron chi connectivity index (χ1n) is 6.93. The highest BCUT2D eigenvalue weighted by Crippen LogP contribution is 2.29. The molecule has 20 heavy (non-hydrogen) atoms. The van der Waals surface area contributed by atoms with Gasteiger partial charge in [0.05, 0.1) is 0 Å². The average molecular weight is 269 g/mol. The zero-order valence-electron chi connectivity index (χ0n) is 11.6. The molecule has 0 aliphatic carbocycles. The summed E-state index contributed by atoms with van der Waals surface area (Å²) in [5.74, 6) is 1.88. The number of fused-ring (bicyclic) bond motifs is 1. The molecule has 0 saturated heterocycles. The molecule has 3 nitrogen and oxygen atoms in total. The molecule has 1 atom stereocenters. The number of nitrogens with two attached hydrogens (primary N) is 1. The second kappa shape index (κ2) is 5.55. The Morgan fingerprint density at radius 2 is 2.10 bits per heavy atom. The molecule has 1 aliphatic rings. The van der Waals surface area contributed by atoms with Gasteiger partial charge in [0.25, 0.3) is 0 Å². The minimum atomic E-state index is 0.0910. The molecule has 0 bridgehead atoms. The van der Waals surface area contributed by atoms with Crippen LogP contribution >= 0.6 is 0 Å². The lowest BCUT2D eigenvalue weighted by Crippen LogP contribution is -2.22. The predicted molar refractivity (Wildman–Crippen MR) is 79.1 cm³/mol. The Balaban J connectivity index is 1.64. The zero-order valence-corrected chi connectivity index (χ0v) is 11.6. The van der Waals surface area contributed by atoms with Crippen LogP contribution in [0.1, 0.15) is 16.7 Å². The van der Waals surface area contributed by atoms with Crippen LogP contribution < -0.4 is 15.2 Å². The Morgan fingerprint density at radius 1 is 1.25 bits per heavy atom. The van der Waals surface area contributed by atoms with Gasteiger partial charge in [-0.05, 0) is 35.7 Å². The molecule has 1 aliphatic heterocycles. The quantitative estimate of drug-likeness (QED) is 0.928. The SMILES string of the molecule is Cc1ccc(CN)cc1OCC1Cc2ccccc2O1. The normalized spacial score (nSPS) is 16.6. The number of para-hydroxylation sites is 1. The monoisotopic (exact) mass is 269 g/mol. The number of hydrogen-bond donors (Lipinski definition) is 1. The molecule has 104 valence electrons. The van der Waals surface area contributed by atoms with Crippen LogP contribution in [0, 0.1) is 6.92 Å². The van der Waals surface area contributed by atoms with E-state index in [0.29, 0.717) is 13.2 Å². The second-order valence-corrected chi connectivity index (χ2v) is 5.17. The highest BCUT2D eigenvalue weighted by Gasteiger charge is 2.22. The van der Waals surface area contributed by atoms with E-state index < -0.39 is 0 Å². The van der Waals surface area contributed by atoms with Crippen LogP contribution in [0.15, 0.2) is 42.5 Å². The molecule has 0 saturated carbocycles. The van der Waals surface area contributed by atoms with E-state index in [9.17, 15) is 0 Å².